The molecule has 1 amide bonds. The average Bonchev–Trinajstić information content (AvgIpc) is 2.96. The number of likely N-dealkylation sites (N-methyl/N-ethyl adjacent to an activating group) is 1. The minimum Gasteiger partial charge on any atom is -0.338 e. The summed E-state index contributed by atoms with van der Waals surface area (Å²) in [5.41, 5.74) is 0.434. The van der Waals surface area contributed by atoms with Crippen LogP contribution in [-0.2, 0) is 16.8 Å². The summed E-state index contributed by atoms with van der Waals surface area (Å²) in [6.45, 7) is -2.59. The van der Waals surface area contributed by atoms with E-state index in [1.165, 1.54) is 17.3 Å². The van der Waals surface area contributed by atoms with Gasteiger partial charge in [0.25, 0.3) is 0 Å². The molecule has 1 aromatic heterocycles. The zero-order chi connectivity index (χ0) is 17.3. The molecule has 1 aliphatic carbocycles. The molecule has 0 N–H and O–H groups in total. The average molecular weight is 398 g/mol. The maximum absolute atomic E-state index is 13.0. The molecule has 7 heteroatoms. The van der Waals surface area contributed by atoms with Gasteiger partial charge in [0.2, 0.25) is 5.91 Å². The Morgan fingerprint density at radius 2 is 2.04 bits per heavy atom. The Kier molecular flexibility index (Phi) is 4.71. The number of benzene rings is 1. The second-order valence-electron chi connectivity index (χ2n) is 6.13. The van der Waals surface area contributed by atoms with Crippen molar-refractivity contribution in [2.24, 2.45) is 0 Å². The normalized spacial score (nSPS) is 16.0. The second kappa shape index (κ2) is 6.63. The van der Waals surface area contributed by atoms with E-state index in [2.05, 4.69) is 20.9 Å². The topological polar surface area (TPSA) is 38.1 Å². The number of rotatable bonds is 5. The van der Waals surface area contributed by atoms with Gasteiger partial charge in [-0.15, -0.1) is 0 Å². The van der Waals surface area contributed by atoms with E-state index in [1.807, 2.05) is 24.3 Å². The summed E-state index contributed by atoms with van der Waals surface area (Å²) >= 11 is 3.40. The van der Waals surface area contributed by atoms with Crippen LogP contribution in [0.1, 0.15) is 37.2 Å². The molecule has 0 radical (unpaired) electrons. The van der Waals surface area contributed by atoms with E-state index in [9.17, 15) is 13.6 Å². The van der Waals surface area contributed by atoms with Crippen LogP contribution in [0.4, 0.5) is 8.78 Å². The van der Waals surface area contributed by atoms with Gasteiger partial charge in [-0.3, -0.25) is 9.36 Å². The number of aromatic nitrogens is 2. The Morgan fingerprint density at radius 1 is 1.38 bits per heavy atom. The number of imidazole rings is 1. The van der Waals surface area contributed by atoms with Gasteiger partial charge in [-0.2, -0.15) is 8.78 Å². The molecular weight excluding hydrogens is 380 g/mol. The zero-order valence-corrected chi connectivity index (χ0v) is 14.8. The van der Waals surface area contributed by atoms with Crippen molar-refractivity contribution in [3.05, 3.63) is 52.5 Å². The Morgan fingerprint density at radius 3 is 2.58 bits per heavy atom. The smallest absolute Gasteiger partial charge is 0.319 e. The first-order valence-electron chi connectivity index (χ1n) is 7.75. The van der Waals surface area contributed by atoms with E-state index in [4.69, 9.17) is 0 Å². The highest BCUT2D eigenvalue weighted by atomic mass is 79.9. The van der Waals surface area contributed by atoms with Crippen molar-refractivity contribution in [1.82, 2.24) is 14.5 Å². The molecule has 0 unspecified atom stereocenters. The molecule has 0 aliphatic heterocycles. The summed E-state index contributed by atoms with van der Waals surface area (Å²) in [4.78, 5) is 18.5. The minimum atomic E-state index is -2.66. The molecule has 128 valence electrons. The maximum atomic E-state index is 13.0. The second-order valence-corrected chi connectivity index (χ2v) is 7.05. The van der Waals surface area contributed by atoms with Crippen molar-refractivity contribution >= 4 is 21.8 Å². The third-order valence-corrected chi connectivity index (χ3v) is 5.23. The summed E-state index contributed by atoms with van der Waals surface area (Å²) < 4.78 is 27.6. The lowest BCUT2D eigenvalue weighted by Crippen LogP contribution is -2.49. The summed E-state index contributed by atoms with van der Waals surface area (Å²) in [5, 5.41) is 0. The van der Waals surface area contributed by atoms with Gasteiger partial charge in [-0.1, -0.05) is 34.5 Å². The SMILES string of the molecule is CN(Cc1nccn1C(F)F)C(=O)C1(c2ccc(Br)cc2)CCC1. The van der Waals surface area contributed by atoms with E-state index >= 15 is 0 Å². The van der Waals surface area contributed by atoms with Crippen molar-refractivity contribution in [3.8, 4) is 0 Å². The zero-order valence-electron chi connectivity index (χ0n) is 13.3. The molecule has 1 saturated carbocycles. The highest BCUT2D eigenvalue weighted by molar-refractivity contribution is 9.10. The molecular formula is C17H18BrF2N3O. The first kappa shape index (κ1) is 17.1. The number of hydrogen-bond donors (Lipinski definition) is 0. The fourth-order valence-corrected chi connectivity index (χ4v) is 3.48. The summed E-state index contributed by atoms with van der Waals surface area (Å²) in [5.74, 6) is 0.144. The quantitative estimate of drug-likeness (QED) is 0.760. The Hall–Kier alpha value is -1.76. The van der Waals surface area contributed by atoms with Gasteiger partial charge in [0.15, 0.2) is 0 Å². The number of hydrogen-bond acceptors (Lipinski definition) is 2. The molecule has 0 saturated heterocycles. The van der Waals surface area contributed by atoms with Crippen LogP contribution in [0.15, 0.2) is 41.1 Å². The molecule has 1 fully saturated rings. The number of alkyl halides is 2. The molecule has 0 atom stereocenters. The minimum absolute atomic E-state index is 0.0418. The van der Waals surface area contributed by atoms with Gasteiger partial charge in [-0.25, -0.2) is 4.98 Å². The summed E-state index contributed by atoms with van der Waals surface area (Å²) in [6.07, 6.45) is 5.10. The fraction of sp³-hybridized carbons (Fsp3) is 0.412. The van der Waals surface area contributed by atoms with Gasteiger partial charge in [0, 0.05) is 23.9 Å². The van der Waals surface area contributed by atoms with Crippen molar-refractivity contribution < 1.29 is 13.6 Å². The van der Waals surface area contributed by atoms with Gasteiger partial charge in [0.05, 0.1) is 12.0 Å². The van der Waals surface area contributed by atoms with Crippen LogP contribution in [0.2, 0.25) is 0 Å². The number of carbonyl (C=O) groups excluding carboxylic acids is 1. The van der Waals surface area contributed by atoms with Crippen molar-refractivity contribution in [2.45, 2.75) is 37.8 Å². The molecule has 0 bridgehead atoms. The molecule has 1 aromatic carbocycles. The lowest BCUT2D eigenvalue weighted by atomic mass is 9.63. The molecule has 4 nitrogen and oxygen atoms in total. The highest BCUT2D eigenvalue weighted by Crippen LogP contribution is 2.45. The van der Waals surface area contributed by atoms with Crippen LogP contribution in [0.3, 0.4) is 0 Å². The van der Waals surface area contributed by atoms with Gasteiger partial charge >= 0.3 is 6.55 Å². The van der Waals surface area contributed by atoms with E-state index < -0.39 is 12.0 Å². The number of carbonyl (C=O) groups is 1. The van der Waals surface area contributed by atoms with Gasteiger partial charge < -0.3 is 4.90 Å². The van der Waals surface area contributed by atoms with Crippen molar-refractivity contribution in [3.63, 3.8) is 0 Å². The third kappa shape index (κ3) is 2.97. The number of halogens is 3. The maximum Gasteiger partial charge on any atom is 0.319 e. The van der Waals surface area contributed by atoms with Crippen LogP contribution >= 0.6 is 15.9 Å². The monoisotopic (exact) mass is 397 g/mol. The predicted octanol–water partition coefficient (Wildman–Crippen LogP) is 4.12. The van der Waals surface area contributed by atoms with E-state index in [1.54, 1.807) is 7.05 Å². The molecule has 2 aromatic rings. The molecule has 1 heterocycles. The first-order valence-corrected chi connectivity index (χ1v) is 8.55. The molecule has 1 aliphatic rings. The molecule has 3 rings (SSSR count). The Balaban J connectivity index is 1.81. The van der Waals surface area contributed by atoms with Gasteiger partial charge in [-0.05, 0) is 30.5 Å². The van der Waals surface area contributed by atoms with E-state index in [0.29, 0.717) is 0 Å². The standard InChI is InChI=1S/C17H18BrF2N3O/c1-22(11-14-21-9-10-23(14)16(19)20)15(24)17(7-2-8-17)12-3-5-13(18)6-4-12/h3-6,9-10,16H,2,7-8,11H2,1H3. The van der Waals surface area contributed by atoms with Crippen LogP contribution in [0.5, 0.6) is 0 Å². The Bertz CT molecular complexity index is 726. The van der Waals surface area contributed by atoms with Crippen LogP contribution < -0.4 is 0 Å². The third-order valence-electron chi connectivity index (χ3n) is 4.70. The first-order chi connectivity index (χ1) is 11.4. The summed E-state index contributed by atoms with van der Waals surface area (Å²) in [7, 11) is 1.64. The lowest BCUT2D eigenvalue weighted by Gasteiger charge is -2.43. The van der Waals surface area contributed by atoms with E-state index in [0.717, 1.165) is 33.9 Å². The highest BCUT2D eigenvalue weighted by Gasteiger charge is 2.47. The largest absolute Gasteiger partial charge is 0.338 e. The lowest BCUT2D eigenvalue weighted by molar-refractivity contribution is -0.140. The van der Waals surface area contributed by atoms with Crippen LogP contribution in [-0.4, -0.2) is 27.4 Å². The van der Waals surface area contributed by atoms with Crippen LogP contribution in [0, 0.1) is 0 Å². The van der Waals surface area contributed by atoms with Crippen molar-refractivity contribution in [1.29, 1.82) is 0 Å². The summed E-state index contributed by atoms with van der Waals surface area (Å²) in [6, 6.07) is 7.75. The van der Waals surface area contributed by atoms with Crippen molar-refractivity contribution in [2.75, 3.05) is 7.05 Å². The number of nitrogens with zero attached hydrogens (tertiary/aromatic N) is 3. The van der Waals surface area contributed by atoms with Crippen LogP contribution in [0.25, 0.3) is 0 Å². The molecule has 0 spiro atoms. The Labute approximate surface area is 147 Å². The molecule has 24 heavy (non-hydrogen) atoms. The number of amides is 1. The predicted molar refractivity (Wildman–Crippen MR) is 89.6 cm³/mol. The van der Waals surface area contributed by atoms with Gasteiger partial charge in [0.1, 0.15) is 5.82 Å². The fourth-order valence-electron chi connectivity index (χ4n) is 3.22. The van der Waals surface area contributed by atoms with E-state index in [-0.39, 0.29) is 18.3 Å².